The van der Waals surface area contributed by atoms with Crippen molar-refractivity contribution in [3.05, 3.63) is 72.1 Å². The Labute approximate surface area is 145 Å². The second-order valence-electron chi connectivity index (χ2n) is 6.04. The average Bonchev–Trinajstić information content (AvgIpc) is 3.02. The molecule has 0 amide bonds. The Balaban J connectivity index is 1.59. The number of hydrogen-bond acceptors (Lipinski definition) is 3. The van der Waals surface area contributed by atoms with Gasteiger partial charge in [0.2, 0.25) is 10.0 Å². The van der Waals surface area contributed by atoms with E-state index in [1.807, 2.05) is 55.5 Å². The van der Waals surface area contributed by atoms with Crippen LogP contribution in [0, 0.1) is 6.92 Å². The van der Waals surface area contributed by atoms with E-state index in [9.17, 15) is 8.42 Å². The predicted octanol–water partition coefficient (Wildman–Crippen LogP) is 3.50. The maximum Gasteiger partial charge on any atom is 0.240 e. The first kappa shape index (κ1) is 15.8. The molecule has 1 aromatic heterocycles. The molecular weight excluding hydrogens is 334 g/mol. The van der Waals surface area contributed by atoms with Crippen molar-refractivity contribution in [2.45, 2.75) is 18.4 Å². The van der Waals surface area contributed by atoms with E-state index in [1.54, 1.807) is 12.1 Å². The van der Waals surface area contributed by atoms with E-state index >= 15 is 0 Å². The van der Waals surface area contributed by atoms with Crippen LogP contribution in [0.15, 0.2) is 65.6 Å². The van der Waals surface area contributed by atoms with Crippen LogP contribution in [0.3, 0.4) is 0 Å². The summed E-state index contributed by atoms with van der Waals surface area (Å²) in [5.41, 5.74) is 2.85. The standard InChI is InChI=1S/C19H17N3O2S/c1-13-6-9-17-18(10-13)22-19(21-17)12-20-25(23,24)16-8-7-14-4-2-3-5-15(14)11-16/h2-11,20H,12H2,1H3,(H,21,22). The first-order valence-corrected chi connectivity index (χ1v) is 9.43. The minimum absolute atomic E-state index is 0.114. The molecule has 0 aliphatic heterocycles. The zero-order valence-electron chi connectivity index (χ0n) is 13.7. The average molecular weight is 351 g/mol. The molecule has 0 saturated carbocycles. The van der Waals surface area contributed by atoms with Crippen molar-refractivity contribution in [3.8, 4) is 0 Å². The third kappa shape index (κ3) is 3.14. The van der Waals surface area contributed by atoms with Crippen molar-refractivity contribution in [2.75, 3.05) is 0 Å². The lowest BCUT2D eigenvalue weighted by Crippen LogP contribution is -2.23. The molecule has 3 aromatic carbocycles. The summed E-state index contributed by atoms with van der Waals surface area (Å²) in [6.07, 6.45) is 0. The summed E-state index contributed by atoms with van der Waals surface area (Å²) in [4.78, 5) is 7.82. The van der Waals surface area contributed by atoms with Crippen molar-refractivity contribution in [3.63, 3.8) is 0 Å². The first-order chi connectivity index (χ1) is 12.0. The van der Waals surface area contributed by atoms with E-state index in [4.69, 9.17) is 0 Å². The predicted molar refractivity (Wildman–Crippen MR) is 98.8 cm³/mol. The number of aryl methyl sites for hydroxylation is 1. The number of rotatable bonds is 4. The molecule has 6 heteroatoms. The second-order valence-corrected chi connectivity index (χ2v) is 7.80. The van der Waals surface area contributed by atoms with Gasteiger partial charge in [-0.05, 0) is 47.5 Å². The van der Waals surface area contributed by atoms with E-state index in [0.717, 1.165) is 27.4 Å². The van der Waals surface area contributed by atoms with Gasteiger partial charge in [-0.3, -0.25) is 0 Å². The molecule has 0 fully saturated rings. The highest BCUT2D eigenvalue weighted by atomic mass is 32.2. The molecule has 0 aliphatic rings. The first-order valence-electron chi connectivity index (χ1n) is 7.95. The minimum atomic E-state index is -3.61. The molecule has 0 bridgehead atoms. The molecule has 4 rings (SSSR count). The molecule has 0 saturated heterocycles. The monoisotopic (exact) mass is 351 g/mol. The summed E-state index contributed by atoms with van der Waals surface area (Å²) in [7, 11) is -3.61. The fraction of sp³-hybridized carbons (Fsp3) is 0.105. The van der Waals surface area contributed by atoms with Crippen LogP contribution >= 0.6 is 0 Å². The summed E-state index contributed by atoms with van der Waals surface area (Å²) in [5.74, 6) is 0.588. The van der Waals surface area contributed by atoms with E-state index in [-0.39, 0.29) is 11.4 Å². The van der Waals surface area contributed by atoms with Gasteiger partial charge in [-0.2, -0.15) is 0 Å². The quantitative estimate of drug-likeness (QED) is 0.591. The third-order valence-corrected chi connectivity index (χ3v) is 5.55. The Kier molecular flexibility index (Phi) is 3.78. The minimum Gasteiger partial charge on any atom is -0.341 e. The van der Waals surface area contributed by atoms with E-state index in [0.29, 0.717) is 5.82 Å². The maximum atomic E-state index is 12.6. The van der Waals surface area contributed by atoms with Crippen molar-refractivity contribution in [2.24, 2.45) is 0 Å². The summed E-state index contributed by atoms with van der Waals surface area (Å²) in [6, 6.07) is 18.7. The Hall–Kier alpha value is -2.70. The lowest BCUT2D eigenvalue weighted by Gasteiger charge is -2.06. The van der Waals surface area contributed by atoms with Gasteiger partial charge in [0.25, 0.3) is 0 Å². The van der Waals surface area contributed by atoms with E-state index in [2.05, 4.69) is 14.7 Å². The van der Waals surface area contributed by atoms with E-state index in [1.165, 1.54) is 0 Å². The van der Waals surface area contributed by atoms with Crippen LogP contribution in [0.2, 0.25) is 0 Å². The maximum absolute atomic E-state index is 12.6. The Morgan fingerprint density at radius 1 is 1.00 bits per heavy atom. The Bertz CT molecular complexity index is 1180. The zero-order chi connectivity index (χ0) is 17.4. The van der Waals surface area contributed by atoms with Gasteiger partial charge in [0.05, 0.1) is 22.5 Å². The lowest BCUT2D eigenvalue weighted by atomic mass is 10.1. The summed E-state index contributed by atoms with van der Waals surface area (Å²) >= 11 is 0. The highest BCUT2D eigenvalue weighted by Gasteiger charge is 2.15. The van der Waals surface area contributed by atoms with Crippen LogP contribution in [0.4, 0.5) is 0 Å². The van der Waals surface area contributed by atoms with Crippen LogP contribution in [0.5, 0.6) is 0 Å². The second kappa shape index (κ2) is 5.98. The SMILES string of the molecule is Cc1ccc2nc(CNS(=O)(=O)c3ccc4ccccc4c3)[nH]c2c1. The van der Waals surface area contributed by atoms with Crippen LogP contribution in [0.1, 0.15) is 11.4 Å². The fourth-order valence-corrected chi connectivity index (χ4v) is 3.86. The van der Waals surface area contributed by atoms with Crippen LogP contribution in [-0.4, -0.2) is 18.4 Å². The molecule has 0 atom stereocenters. The molecule has 5 nitrogen and oxygen atoms in total. The van der Waals surface area contributed by atoms with Crippen molar-refractivity contribution in [1.82, 2.24) is 14.7 Å². The molecule has 0 aliphatic carbocycles. The number of H-pyrrole nitrogens is 1. The van der Waals surface area contributed by atoms with Crippen molar-refractivity contribution < 1.29 is 8.42 Å². The molecule has 4 aromatic rings. The number of hydrogen-bond donors (Lipinski definition) is 2. The number of benzene rings is 3. The summed E-state index contributed by atoms with van der Waals surface area (Å²) < 4.78 is 27.7. The van der Waals surface area contributed by atoms with Gasteiger partial charge in [0, 0.05) is 0 Å². The highest BCUT2D eigenvalue weighted by Crippen LogP contribution is 2.19. The van der Waals surface area contributed by atoms with Gasteiger partial charge in [-0.25, -0.2) is 18.1 Å². The molecule has 0 radical (unpaired) electrons. The van der Waals surface area contributed by atoms with Gasteiger partial charge in [0.1, 0.15) is 5.82 Å². The topological polar surface area (TPSA) is 74.8 Å². The number of sulfonamides is 1. The molecule has 126 valence electrons. The molecular formula is C19H17N3O2S. The summed E-state index contributed by atoms with van der Waals surface area (Å²) in [5, 5.41) is 1.90. The number of aromatic nitrogens is 2. The van der Waals surface area contributed by atoms with Gasteiger partial charge < -0.3 is 4.98 Å². The number of imidazole rings is 1. The number of fused-ring (bicyclic) bond motifs is 2. The van der Waals surface area contributed by atoms with Crippen LogP contribution < -0.4 is 4.72 Å². The molecule has 0 spiro atoms. The van der Waals surface area contributed by atoms with Crippen molar-refractivity contribution in [1.29, 1.82) is 0 Å². The Morgan fingerprint density at radius 2 is 1.80 bits per heavy atom. The summed E-state index contributed by atoms with van der Waals surface area (Å²) in [6.45, 7) is 2.12. The van der Waals surface area contributed by atoms with Crippen LogP contribution in [0.25, 0.3) is 21.8 Å². The fourth-order valence-electron chi connectivity index (χ4n) is 2.84. The molecule has 25 heavy (non-hydrogen) atoms. The molecule has 2 N–H and O–H groups in total. The van der Waals surface area contributed by atoms with Gasteiger partial charge in [-0.15, -0.1) is 0 Å². The van der Waals surface area contributed by atoms with Gasteiger partial charge in [0.15, 0.2) is 0 Å². The zero-order valence-corrected chi connectivity index (χ0v) is 14.5. The number of nitrogens with zero attached hydrogens (tertiary/aromatic N) is 1. The van der Waals surface area contributed by atoms with Gasteiger partial charge >= 0.3 is 0 Å². The number of nitrogens with one attached hydrogen (secondary N) is 2. The van der Waals surface area contributed by atoms with E-state index < -0.39 is 10.0 Å². The number of aromatic amines is 1. The Morgan fingerprint density at radius 3 is 2.64 bits per heavy atom. The van der Waals surface area contributed by atoms with Crippen LogP contribution in [-0.2, 0) is 16.6 Å². The highest BCUT2D eigenvalue weighted by molar-refractivity contribution is 7.89. The van der Waals surface area contributed by atoms with Crippen molar-refractivity contribution >= 4 is 31.8 Å². The third-order valence-electron chi connectivity index (χ3n) is 4.15. The smallest absolute Gasteiger partial charge is 0.240 e. The molecule has 1 heterocycles. The normalized spacial score (nSPS) is 12.0. The van der Waals surface area contributed by atoms with Gasteiger partial charge in [-0.1, -0.05) is 36.4 Å². The lowest BCUT2D eigenvalue weighted by molar-refractivity contribution is 0.580. The molecule has 0 unspecified atom stereocenters. The largest absolute Gasteiger partial charge is 0.341 e.